The summed E-state index contributed by atoms with van der Waals surface area (Å²) in [5.41, 5.74) is 6.61. The van der Waals surface area contributed by atoms with Crippen LogP contribution in [0.4, 0.5) is 10.1 Å². The van der Waals surface area contributed by atoms with Gasteiger partial charge >= 0.3 is 5.97 Å². The second-order valence-electron chi connectivity index (χ2n) is 9.15. The first kappa shape index (κ1) is 24.0. The Morgan fingerprint density at radius 1 is 0.811 bits per heavy atom. The minimum Gasteiger partial charge on any atom is -0.507 e. The number of aliphatic carboxylic acids is 1. The second-order valence-corrected chi connectivity index (χ2v) is 9.15. The number of hydrogen-bond donors (Lipinski definition) is 3. The molecule has 37 heavy (non-hydrogen) atoms. The molecule has 6 heteroatoms. The number of nitrogens with one attached hydrogen (secondary N) is 1. The molecule has 0 spiro atoms. The lowest BCUT2D eigenvalue weighted by Gasteiger charge is -2.11. The van der Waals surface area contributed by atoms with Gasteiger partial charge in [0.25, 0.3) is 5.91 Å². The maximum atomic E-state index is 15.1. The molecule has 1 aliphatic heterocycles. The molecule has 1 heterocycles. The quantitative estimate of drug-likeness (QED) is 0.269. The van der Waals surface area contributed by atoms with Gasteiger partial charge in [0, 0.05) is 22.3 Å². The van der Waals surface area contributed by atoms with Crippen LogP contribution in [0.1, 0.15) is 23.6 Å². The van der Waals surface area contributed by atoms with Gasteiger partial charge in [0.1, 0.15) is 11.6 Å². The van der Waals surface area contributed by atoms with E-state index < -0.39 is 11.8 Å². The summed E-state index contributed by atoms with van der Waals surface area (Å²) in [7, 11) is 0. The number of para-hydroxylation sites is 1. The fraction of sp³-hybridized carbons (Fsp3) is 0.0968. The van der Waals surface area contributed by atoms with Crippen LogP contribution in [-0.2, 0) is 22.4 Å². The van der Waals surface area contributed by atoms with E-state index in [0.717, 1.165) is 16.7 Å². The van der Waals surface area contributed by atoms with Crippen LogP contribution in [0.2, 0.25) is 0 Å². The van der Waals surface area contributed by atoms with Crippen LogP contribution in [0.15, 0.2) is 90.5 Å². The molecule has 4 aromatic carbocycles. The third-order valence-electron chi connectivity index (χ3n) is 6.54. The molecule has 3 N–H and O–H groups in total. The first-order valence-electron chi connectivity index (χ1n) is 11.8. The molecule has 0 aromatic heterocycles. The number of allylic oxidation sites excluding steroid dienone is 1. The summed E-state index contributed by atoms with van der Waals surface area (Å²) in [4.78, 5) is 23.8. The number of carboxylic acids is 1. The highest BCUT2D eigenvalue weighted by atomic mass is 19.1. The van der Waals surface area contributed by atoms with Crippen molar-refractivity contribution in [1.29, 1.82) is 0 Å². The van der Waals surface area contributed by atoms with Crippen LogP contribution in [0.5, 0.6) is 5.75 Å². The van der Waals surface area contributed by atoms with E-state index in [-0.39, 0.29) is 18.1 Å². The SMILES string of the molecule is C/C(Cc1ccc(CC(=O)O)cc1)=C1/C(=O)Nc2cc(F)c(-c3ccc(-c4ccccc4O)cc3)cc21. The van der Waals surface area contributed by atoms with E-state index in [2.05, 4.69) is 5.32 Å². The van der Waals surface area contributed by atoms with Gasteiger partial charge in [0.05, 0.1) is 12.1 Å². The summed E-state index contributed by atoms with van der Waals surface area (Å²) >= 11 is 0. The smallest absolute Gasteiger partial charge is 0.307 e. The third kappa shape index (κ3) is 4.86. The predicted molar refractivity (Wildman–Crippen MR) is 142 cm³/mol. The Bertz CT molecular complexity index is 1550. The van der Waals surface area contributed by atoms with Gasteiger partial charge in [-0.15, -0.1) is 0 Å². The molecule has 5 nitrogen and oxygen atoms in total. The lowest BCUT2D eigenvalue weighted by molar-refractivity contribution is -0.136. The molecule has 5 rings (SSSR count). The average Bonchev–Trinajstić information content (AvgIpc) is 3.19. The van der Waals surface area contributed by atoms with Crippen LogP contribution < -0.4 is 5.32 Å². The largest absolute Gasteiger partial charge is 0.507 e. The Hall–Kier alpha value is -4.71. The molecule has 0 atom stereocenters. The van der Waals surface area contributed by atoms with Crippen molar-refractivity contribution in [3.8, 4) is 28.0 Å². The highest BCUT2D eigenvalue weighted by molar-refractivity contribution is 6.32. The Kier molecular flexibility index (Phi) is 6.32. The van der Waals surface area contributed by atoms with Crippen molar-refractivity contribution in [3.63, 3.8) is 0 Å². The molecule has 0 bridgehead atoms. The van der Waals surface area contributed by atoms with Gasteiger partial charge in [-0.3, -0.25) is 9.59 Å². The van der Waals surface area contributed by atoms with Crippen molar-refractivity contribution >= 4 is 23.1 Å². The highest BCUT2D eigenvalue weighted by Gasteiger charge is 2.28. The van der Waals surface area contributed by atoms with Crippen molar-refractivity contribution in [1.82, 2.24) is 0 Å². The summed E-state index contributed by atoms with van der Waals surface area (Å²) < 4.78 is 15.1. The predicted octanol–water partition coefficient (Wildman–Crippen LogP) is 6.46. The van der Waals surface area contributed by atoms with Crippen LogP contribution in [0, 0.1) is 5.82 Å². The fourth-order valence-electron chi connectivity index (χ4n) is 4.73. The summed E-state index contributed by atoms with van der Waals surface area (Å²) in [6.45, 7) is 1.87. The Balaban J connectivity index is 1.47. The van der Waals surface area contributed by atoms with Crippen molar-refractivity contribution < 1.29 is 24.2 Å². The van der Waals surface area contributed by atoms with E-state index in [9.17, 15) is 14.7 Å². The van der Waals surface area contributed by atoms with Gasteiger partial charge in [-0.2, -0.15) is 0 Å². The molecular weight excluding hydrogens is 469 g/mol. The van der Waals surface area contributed by atoms with Gasteiger partial charge in [-0.25, -0.2) is 4.39 Å². The zero-order chi connectivity index (χ0) is 26.1. The van der Waals surface area contributed by atoms with E-state index in [1.165, 1.54) is 6.07 Å². The highest BCUT2D eigenvalue weighted by Crippen LogP contribution is 2.39. The summed E-state index contributed by atoms with van der Waals surface area (Å²) in [5, 5.41) is 21.9. The van der Waals surface area contributed by atoms with E-state index in [1.807, 2.05) is 43.3 Å². The fourth-order valence-corrected chi connectivity index (χ4v) is 4.73. The number of anilines is 1. The molecule has 0 saturated heterocycles. The standard InChI is InChI=1S/C31H24FNO4/c1-18(14-19-6-8-20(9-7-19)15-29(35)36)30-25-16-24(26(32)17-27(25)33-31(30)37)22-12-10-21(11-13-22)23-4-2-3-5-28(23)34/h2-13,16-17,34H,14-15H2,1H3,(H,33,37)(H,35,36)/b30-18-. The number of aromatic hydroxyl groups is 1. The summed E-state index contributed by atoms with van der Waals surface area (Å²) in [5.74, 6) is -1.43. The van der Waals surface area contributed by atoms with Gasteiger partial charge < -0.3 is 15.5 Å². The number of benzene rings is 4. The van der Waals surface area contributed by atoms with Gasteiger partial charge in [-0.1, -0.05) is 72.3 Å². The molecule has 0 unspecified atom stereocenters. The van der Waals surface area contributed by atoms with Crippen LogP contribution >= 0.6 is 0 Å². The number of phenolic OH excluding ortho intramolecular Hbond substituents is 1. The maximum Gasteiger partial charge on any atom is 0.307 e. The molecule has 0 saturated carbocycles. The minimum atomic E-state index is -0.888. The normalized spacial score (nSPS) is 13.7. The van der Waals surface area contributed by atoms with Crippen molar-refractivity contribution in [2.45, 2.75) is 19.8 Å². The minimum absolute atomic E-state index is 0.0437. The number of amides is 1. The molecule has 0 aliphatic carbocycles. The Morgan fingerprint density at radius 2 is 1.41 bits per heavy atom. The average molecular weight is 494 g/mol. The lowest BCUT2D eigenvalue weighted by Crippen LogP contribution is -2.06. The molecule has 1 amide bonds. The van der Waals surface area contributed by atoms with Crippen LogP contribution in [0.3, 0.4) is 0 Å². The number of carbonyl (C=O) groups excluding carboxylic acids is 1. The third-order valence-corrected chi connectivity index (χ3v) is 6.54. The van der Waals surface area contributed by atoms with Gasteiger partial charge in [0.2, 0.25) is 0 Å². The topological polar surface area (TPSA) is 86.6 Å². The molecule has 0 radical (unpaired) electrons. The van der Waals surface area contributed by atoms with Crippen molar-refractivity contribution in [2.24, 2.45) is 0 Å². The van der Waals surface area contributed by atoms with E-state index in [0.29, 0.717) is 45.5 Å². The van der Waals surface area contributed by atoms with Crippen molar-refractivity contribution in [2.75, 3.05) is 5.32 Å². The number of halogens is 1. The van der Waals surface area contributed by atoms with Crippen molar-refractivity contribution in [3.05, 3.63) is 113 Å². The van der Waals surface area contributed by atoms with Crippen LogP contribution in [-0.4, -0.2) is 22.1 Å². The summed E-state index contributed by atoms with van der Waals surface area (Å²) in [6, 6.07) is 24.6. The summed E-state index contributed by atoms with van der Waals surface area (Å²) in [6.07, 6.45) is 0.454. The monoisotopic (exact) mass is 493 g/mol. The number of carboxylic acid groups (broad SMARTS) is 1. The molecule has 1 aliphatic rings. The molecular formula is C31H24FNO4. The lowest BCUT2D eigenvalue weighted by atomic mass is 9.93. The molecule has 4 aromatic rings. The van der Waals surface area contributed by atoms with E-state index >= 15 is 4.39 Å². The maximum absolute atomic E-state index is 15.1. The van der Waals surface area contributed by atoms with Crippen LogP contribution in [0.25, 0.3) is 27.8 Å². The number of phenols is 1. The Labute approximate surface area is 213 Å². The molecule has 184 valence electrons. The van der Waals surface area contributed by atoms with E-state index in [1.54, 1.807) is 42.5 Å². The van der Waals surface area contributed by atoms with E-state index in [4.69, 9.17) is 5.11 Å². The number of fused-ring (bicyclic) bond motifs is 1. The van der Waals surface area contributed by atoms with Gasteiger partial charge in [0.15, 0.2) is 0 Å². The number of hydrogen-bond acceptors (Lipinski definition) is 3. The number of carbonyl (C=O) groups is 2. The first-order chi connectivity index (χ1) is 17.8. The zero-order valence-electron chi connectivity index (χ0n) is 20.1. The Morgan fingerprint density at radius 3 is 2.03 bits per heavy atom. The zero-order valence-corrected chi connectivity index (χ0v) is 20.1. The number of rotatable bonds is 6. The first-order valence-corrected chi connectivity index (χ1v) is 11.8. The second kappa shape index (κ2) is 9.74. The van der Waals surface area contributed by atoms with Gasteiger partial charge in [-0.05, 0) is 53.8 Å². The molecule has 0 fully saturated rings.